The van der Waals surface area contributed by atoms with E-state index in [1.54, 1.807) is 0 Å². The highest BCUT2D eigenvalue weighted by molar-refractivity contribution is 9.10. The Balaban J connectivity index is 2.04. The average molecular weight is 361 g/mol. The van der Waals surface area contributed by atoms with E-state index in [0.717, 1.165) is 21.3 Å². The van der Waals surface area contributed by atoms with Crippen LogP contribution in [-0.2, 0) is 9.53 Å². The first-order chi connectivity index (χ1) is 10.6. The standard InChI is InChI=1S/C18H17BrO3/c1-11-17(13-6-4-3-5-7-13)22-16-9-8-14(19)10-15(16)18(11)21-12(2)20/h3-11,17-18H,1-2H3/t11-,17+,18+/m1/s1. The lowest BCUT2D eigenvalue weighted by Gasteiger charge is -2.37. The molecule has 0 aliphatic carbocycles. The molecule has 114 valence electrons. The molecule has 0 saturated heterocycles. The highest BCUT2D eigenvalue weighted by atomic mass is 79.9. The minimum absolute atomic E-state index is 0.0214. The lowest BCUT2D eigenvalue weighted by molar-refractivity contribution is -0.153. The fourth-order valence-corrected chi connectivity index (χ4v) is 3.28. The van der Waals surface area contributed by atoms with Crippen LogP contribution >= 0.6 is 15.9 Å². The molecular weight excluding hydrogens is 344 g/mol. The number of esters is 1. The third kappa shape index (κ3) is 2.88. The Morgan fingerprint density at radius 1 is 1.18 bits per heavy atom. The van der Waals surface area contributed by atoms with Gasteiger partial charge in [-0.15, -0.1) is 0 Å². The van der Waals surface area contributed by atoms with Gasteiger partial charge in [-0.3, -0.25) is 4.79 Å². The van der Waals surface area contributed by atoms with Crippen LogP contribution in [0.2, 0.25) is 0 Å². The molecule has 0 unspecified atom stereocenters. The minimum Gasteiger partial charge on any atom is -0.485 e. The molecule has 0 bridgehead atoms. The van der Waals surface area contributed by atoms with Gasteiger partial charge in [-0.05, 0) is 23.8 Å². The molecule has 0 aromatic heterocycles. The van der Waals surface area contributed by atoms with E-state index in [-0.39, 0.29) is 24.1 Å². The first-order valence-electron chi connectivity index (χ1n) is 7.24. The summed E-state index contributed by atoms with van der Waals surface area (Å²) in [4.78, 5) is 11.5. The second-order valence-electron chi connectivity index (χ2n) is 5.52. The lowest BCUT2D eigenvalue weighted by atomic mass is 9.85. The molecule has 0 radical (unpaired) electrons. The van der Waals surface area contributed by atoms with Crippen LogP contribution in [0.25, 0.3) is 0 Å². The van der Waals surface area contributed by atoms with E-state index in [0.29, 0.717) is 0 Å². The summed E-state index contributed by atoms with van der Waals surface area (Å²) < 4.78 is 12.7. The van der Waals surface area contributed by atoms with Crippen molar-refractivity contribution in [2.24, 2.45) is 5.92 Å². The molecule has 1 aliphatic heterocycles. The largest absolute Gasteiger partial charge is 0.485 e. The molecule has 3 rings (SSSR count). The van der Waals surface area contributed by atoms with Crippen molar-refractivity contribution in [3.63, 3.8) is 0 Å². The Morgan fingerprint density at radius 2 is 1.91 bits per heavy atom. The molecule has 4 heteroatoms. The van der Waals surface area contributed by atoms with E-state index in [9.17, 15) is 4.79 Å². The number of carbonyl (C=O) groups is 1. The summed E-state index contributed by atoms with van der Waals surface area (Å²) in [5, 5.41) is 0. The molecule has 2 aromatic carbocycles. The van der Waals surface area contributed by atoms with Gasteiger partial charge in [0.15, 0.2) is 0 Å². The summed E-state index contributed by atoms with van der Waals surface area (Å²) in [7, 11) is 0. The average Bonchev–Trinajstić information content (AvgIpc) is 2.51. The normalized spacial score (nSPS) is 23.3. The topological polar surface area (TPSA) is 35.5 Å². The van der Waals surface area contributed by atoms with E-state index >= 15 is 0 Å². The fraction of sp³-hybridized carbons (Fsp3) is 0.278. The van der Waals surface area contributed by atoms with Crippen molar-refractivity contribution in [1.82, 2.24) is 0 Å². The molecule has 0 saturated carbocycles. The zero-order valence-corrected chi connectivity index (χ0v) is 14.0. The van der Waals surface area contributed by atoms with Gasteiger partial charge in [0.2, 0.25) is 0 Å². The van der Waals surface area contributed by atoms with Crippen LogP contribution in [0.5, 0.6) is 5.75 Å². The number of hydrogen-bond donors (Lipinski definition) is 0. The van der Waals surface area contributed by atoms with Crippen molar-refractivity contribution in [2.75, 3.05) is 0 Å². The number of benzene rings is 2. The number of fused-ring (bicyclic) bond motifs is 1. The van der Waals surface area contributed by atoms with Crippen LogP contribution in [0.4, 0.5) is 0 Å². The van der Waals surface area contributed by atoms with Gasteiger partial charge >= 0.3 is 5.97 Å². The summed E-state index contributed by atoms with van der Waals surface area (Å²) in [6.07, 6.45) is -0.455. The molecule has 0 N–H and O–H groups in total. The van der Waals surface area contributed by atoms with Crippen LogP contribution in [0, 0.1) is 5.92 Å². The molecule has 3 atom stereocenters. The molecule has 0 fully saturated rings. The zero-order valence-electron chi connectivity index (χ0n) is 12.5. The van der Waals surface area contributed by atoms with Gasteiger partial charge in [0.1, 0.15) is 18.0 Å². The van der Waals surface area contributed by atoms with Crippen molar-refractivity contribution in [3.8, 4) is 5.75 Å². The summed E-state index contributed by atoms with van der Waals surface area (Å²) in [6.45, 7) is 3.49. The second-order valence-corrected chi connectivity index (χ2v) is 6.44. The predicted octanol–water partition coefficient (Wildman–Crippen LogP) is 4.82. The number of halogens is 1. The van der Waals surface area contributed by atoms with E-state index in [2.05, 4.69) is 22.9 Å². The number of rotatable bonds is 2. The maximum absolute atomic E-state index is 11.5. The molecule has 0 spiro atoms. The highest BCUT2D eigenvalue weighted by Gasteiger charge is 2.38. The van der Waals surface area contributed by atoms with E-state index < -0.39 is 0 Å². The van der Waals surface area contributed by atoms with Crippen molar-refractivity contribution >= 4 is 21.9 Å². The van der Waals surface area contributed by atoms with Crippen molar-refractivity contribution in [1.29, 1.82) is 0 Å². The molecule has 1 heterocycles. The third-order valence-corrected chi connectivity index (χ3v) is 4.40. The maximum Gasteiger partial charge on any atom is 0.303 e. The number of carbonyl (C=O) groups excluding carboxylic acids is 1. The van der Waals surface area contributed by atoms with E-state index in [1.165, 1.54) is 6.92 Å². The second kappa shape index (κ2) is 6.13. The van der Waals surface area contributed by atoms with Gasteiger partial charge in [0, 0.05) is 22.9 Å². The van der Waals surface area contributed by atoms with Crippen LogP contribution in [0.15, 0.2) is 53.0 Å². The summed E-state index contributed by atoms with van der Waals surface area (Å²) in [5.41, 5.74) is 1.99. The van der Waals surface area contributed by atoms with Gasteiger partial charge in [0.05, 0.1) is 0 Å². The quantitative estimate of drug-likeness (QED) is 0.720. The Bertz CT molecular complexity index is 684. The third-order valence-electron chi connectivity index (χ3n) is 3.91. The first kappa shape index (κ1) is 15.1. The monoisotopic (exact) mass is 360 g/mol. The SMILES string of the molecule is CC(=O)O[C@@H]1c2cc(Br)ccc2O[C@H](c2ccccc2)[C@H]1C. The zero-order chi connectivity index (χ0) is 15.7. The Hall–Kier alpha value is -1.81. The molecule has 0 amide bonds. The molecular formula is C18H17BrO3. The smallest absolute Gasteiger partial charge is 0.303 e. The Morgan fingerprint density at radius 3 is 2.59 bits per heavy atom. The Kier molecular flexibility index (Phi) is 4.21. The summed E-state index contributed by atoms with van der Waals surface area (Å²) in [6, 6.07) is 15.8. The van der Waals surface area contributed by atoms with Gasteiger partial charge in [-0.25, -0.2) is 0 Å². The minimum atomic E-state index is -0.316. The van der Waals surface area contributed by atoms with Gasteiger partial charge in [-0.1, -0.05) is 53.2 Å². The van der Waals surface area contributed by atoms with Crippen LogP contribution in [0.3, 0.4) is 0 Å². The Labute approximate surface area is 138 Å². The summed E-state index contributed by atoms with van der Waals surface area (Å²) >= 11 is 3.47. The van der Waals surface area contributed by atoms with Crippen molar-refractivity contribution < 1.29 is 14.3 Å². The molecule has 22 heavy (non-hydrogen) atoms. The van der Waals surface area contributed by atoms with Gasteiger partial charge in [0.25, 0.3) is 0 Å². The molecule has 2 aromatic rings. The number of ether oxygens (including phenoxy) is 2. The summed E-state index contributed by atoms with van der Waals surface area (Å²) in [5.74, 6) is 0.506. The molecule has 1 aliphatic rings. The highest BCUT2D eigenvalue weighted by Crippen LogP contribution is 2.47. The fourth-order valence-electron chi connectivity index (χ4n) is 2.90. The van der Waals surface area contributed by atoms with Crippen molar-refractivity contribution in [3.05, 3.63) is 64.1 Å². The van der Waals surface area contributed by atoms with Gasteiger partial charge < -0.3 is 9.47 Å². The first-order valence-corrected chi connectivity index (χ1v) is 8.04. The van der Waals surface area contributed by atoms with Crippen LogP contribution < -0.4 is 4.74 Å². The van der Waals surface area contributed by atoms with E-state index in [1.807, 2.05) is 48.5 Å². The van der Waals surface area contributed by atoms with Crippen molar-refractivity contribution in [2.45, 2.75) is 26.1 Å². The maximum atomic E-state index is 11.5. The number of hydrogen-bond acceptors (Lipinski definition) is 3. The van der Waals surface area contributed by atoms with Crippen LogP contribution in [0.1, 0.15) is 37.2 Å². The van der Waals surface area contributed by atoms with Gasteiger partial charge in [-0.2, -0.15) is 0 Å². The molecule has 3 nitrogen and oxygen atoms in total. The van der Waals surface area contributed by atoms with Crippen LogP contribution in [-0.4, -0.2) is 5.97 Å². The lowest BCUT2D eigenvalue weighted by Crippen LogP contribution is -2.30. The van der Waals surface area contributed by atoms with E-state index in [4.69, 9.17) is 9.47 Å². The predicted molar refractivity (Wildman–Crippen MR) is 87.6 cm³/mol.